The summed E-state index contributed by atoms with van der Waals surface area (Å²) >= 11 is 0. The minimum absolute atomic E-state index is 0.0780. The third-order valence-electron chi connectivity index (χ3n) is 9.75. The minimum Gasteiger partial charge on any atom is -0.359 e. The summed E-state index contributed by atoms with van der Waals surface area (Å²) in [5.74, 6) is -0.254. The number of hydrogen-bond donors (Lipinski definition) is 2. The van der Waals surface area contributed by atoms with E-state index in [1.54, 1.807) is 4.90 Å². The summed E-state index contributed by atoms with van der Waals surface area (Å²) in [5.41, 5.74) is 0.776. The highest BCUT2D eigenvalue weighted by Gasteiger charge is 2.72. The van der Waals surface area contributed by atoms with Crippen molar-refractivity contribution in [2.75, 3.05) is 11.9 Å². The molecule has 3 aliphatic heterocycles. The second kappa shape index (κ2) is 10.7. The minimum atomic E-state index is -1.12. The molecule has 8 atom stereocenters. The number of likely N-dealkylation sites (tertiary alicyclic amines) is 1. The van der Waals surface area contributed by atoms with Gasteiger partial charge in [-0.15, -0.1) is 0 Å². The van der Waals surface area contributed by atoms with Crippen LogP contribution in [-0.2, 0) is 19.1 Å². The zero-order valence-corrected chi connectivity index (χ0v) is 24.3. The van der Waals surface area contributed by atoms with Crippen LogP contribution < -0.4 is 10.6 Å². The average molecular weight is 536 g/mol. The number of ether oxygens (including phenoxy) is 1. The van der Waals surface area contributed by atoms with Crippen molar-refractivity contribution in [2.45, 2.75) is 96.9 Å². The van der Waals surface area contributed by atoms with Crippen molar-refractivity contribution in [1.29, 1.82) is 0 Å². The smallest absolute Gasteiger partial charge is 0.246 e. The molecule has 1 aromatic rings. The van der Waals surface area contributed by atoms with E-state index >= 15 is 0 Å². The van der Waals surface area contributed by atoms with Crippen LogP contribution in [-0.4, -0.2) is 53.0 Å². The predicted molar refractivity (Wildman–Crippen MR) is 152 cm³/mol. The van der Waals surface area contributed by atoms with Crippen molar-refractivity contribution in [3.8, 4) is 0 Å². The van der Waals surface area contributed by atoms with Crippen molar-refractivity contribution >= 4 is 23.4 Å². The van der Waals surface area contributed by atoms with E-state index in [2.05, 4.69) is 52.2 Å². The van der Waals surface area contributed by atoms with Crippen LogP contribution in [0.4, 0.5) is 5.69 Å². The fourth-order valence-electron chi connectivity index (χ4n) is 7.13. The predicted octanol–water partition coefficient (Wildman–Crippen LogP) is 4.89. The van der Waals surface area contributed by atoms with Gasteiger partial charge in [-0.25, -0.2) is 0 Å². The summed E-state index contributed by atoms with van der Waals surface area (Å²) in [7, 11) is 0. The Balaban J connectivity index is 1.41. The molecule has 2 saturated heterocycles. The zero-order chi connectivity index (χ0) is 28.1. The van der Waals surface area contributed by atoms with Gasteiger partial charge in [-0.3, -0.25) is 14.4 Å². The summed E-state index contributed by atoms with van der Waals surface area (Å²) in [4.78, 5) is 43.4. The van der Waals surface area contributed by atoms with Crippen LogP contribution in [0, 0.1) is 29.6 Å². The molecule has 4 aliphatic rings. The number of nitrogens with one attached hydrogen (secondary N) is 2. The Morgan fingerprint density at radius 1 is 1.08 bits per heavy atom. The van der Waals surface area contributed by atoms with Crippen LogP contribution in [0.2, 0.25) is 0 Å². The first-order valence-corrected chi connectivity index (χ1v) is 14.9. The Morgan fingerprint density at radius 3 is 2.46 bits per heavy atom. The van der Waals surface area contributed by atoms with E-state index in [0.717, 1.165) is 19.3 Å². The number of amides is 3. The van der Waals surface area contributed by atoms with Crippen molar-refractivity contribution in [3.63, 3.8) is 0 Å². The molecule has 1 aromatic carbocycles. The van der Waals surface area contributed by atoms with Gasteiger partial charge >= 0.3 is 0 Å². The molecule has 1 spiro atoms. The number of carbonyl (C=O) groups excluding carboxylic acids is 3. The van der Waals surface area contributed by atoms with E-state index in [1.165, 1.54) is 12.0 Å². The first-order chi connectivity index (χ1) is 18.5. The van der Waals surface area contributed by atoms with E-state index in [1.807, 2.05) is 36.4 Å². The third-order valence-corrected chi connectivity index (χ3v) is 9.75. The SMILES string of the molecule is CC(C)CCN1C(=O)[C@H]2C(C(=O)Nc3ccc(C(C)C)cc3)[C@H]3C=CC2(O3)C1C(=O)NC1CCCC(C)C1C. The number of fused-ring (bicyclic) bond motifs is 1. The lowest BCUT2D eigenvalue weighted by molar-refractivity contribution is -0.141. The number of anilines is 1. The molecule has 7 nitrogen and oxygen atoms in total. The largest absolute Gasteiger partial charge is 0.359 e. The highest BCUT2D eigenvalue weighted by molar-refractivity contribution is 6.02. The third kappa shape index (κ3) is 4.92. The molecular formula is C32H45N3O4. The molecule has 0 aromatic heterocycles. The van der Waals surface area contributed by atoms with E-state index in [0.29, 0.717) is 35.9 Å². The molecule has 2 bridgehead atoms. The summed E-state index contributed by atoms with van der Waals surface area (Å²) in [6.07, 6.45) is 7.24. The normalized spacial score (nSPS) is 35.1. The van der Waals surface area contributed by atoms with Gasteiger partial charge in [0.15, 0.2) is 0 Å². The van der Waals surface area contributed by atoms with Crippen LogP contribution >= 0.6 is 0 Å². The van der Waals surface area contributed by atoms with Crippen LogP contribution in [0.1, 0.15) is 78.7 Å². The number of carbonyl (C=O) groups is 3. The Hall–Kier alpha value is -2.67. The molecule has 2 N–H and O–H groups in total. The lowest BCUT2D eigenvalue weighted by atomic mass is 9.73. The van der Waals surface area contributed by atoms with E-state index in [9.17, 15) is 14.4 Å². The second-order valence-electron chi connectivity index (χ2n) is 13.1. The molecule has 212 valence electrons. The maximum atomic E-state index is 14.0. The van der Waals surface area contributed by atoms with Gasteiger partial charge in [0.05, 0.1) is 17.9 Å². The molecule has 3 heterocycles. The molecule has 6 unspecified atom stereocenters. The number of benzene rings is 1. The van der Waals surface area contributed by atoms with Crippen molar-refractivity contribution < 1.29 is 19.1 Å². The Morgan fingerprint density at radius 2 is 1.79 bits per heavy atom. The molecule has 0 radical (unpaired) electrons. The Labute approximate surface area is 233 Å². The lowest BCUT2D eigenvalue weighted by Gasteiger charge is -2.38. The molecule has 3 amide bonds. The maximum absolute atomic E-state index is 14.0. The van der Waals surface area contributed by atoms with Gasteiger partial charge in [0.2, 0.25) is 17.7 Å². The van der Waals surface area contributed by atoms with Crippen LogP contribution in [0.3, 0.4) is 0 Å². The standard InChI is InChI=1S/C32H45N3O4/c1-18(2)15-17-35-28(30(37)34-24-9-7-8-20(5)21(24)6)32-16-14-25(39-32)26(27(32)31(35)38)29(36)33-23-12-10-22(11-13-23)19(3)4/h10-14,16,18-21,24-28H,7-9,15,17H2,1-6H3,(H,33,36)(H,34,37)/t20?,21?,24?,25-,26?,27-,28?,32?/m1/s1. The van der Waals surface area contributed by atoms with Gasteiger partial charge in [-0.1, -0.05) is 78.7 Å². The van der Waals surface area contributed by atoms with Gasteiger partial charge in [0.25, 0.3) is 0 Å². The number of rotatable bonds is 8. The zero-order valence-electron chi connectivity index (χ0n) is 24.3. The lowest BCUT2D eigenvalue weighted by Crippen LogP contribution is -2.58. The summed E-state index contributed by atoms with van der Waals surface area (Å²) < 4.78 is 6.49. The van der Waals surface area contributed by atoms with Crippen LogP contribution in [0.25, 0.3) is 0 Å². The molecule has 1 saturated carbocycles. The molecule has 3 fully saturated rings. The molecule has 7 heteroatoms. The van der Waals surface area contributed by atoms with E-state index in [4.69, 9.17) is 4.74 Å². The molecule has 5 rings (SSSR count). The van der Waals surface area contributed by atoms with Gasteiger partial charge < -0.3 is 20.3 Å². The first kappa shape index (κ1) is 27.9. The average Bonchev–Trinajstić information content (AvgIpc) is 3.53. The molecule has 1 aliphatic carbocycles. The van der Waals surface area contributed by atoms with Crippen molar-refractivity contribution in [1.82, 2.24) is 10.2 Å². The summed E-state index contributed by atoms with van der Waals surface area (Å²) in [6, 6.07) is 7.14. The van der Waals surface area contributed by atoms with Gasteiger partial charge in [-0.2, -0.15) is 0 Å². The van der Waals surface area contributed by atoms with Crippen molar-refractivity contribution in [2.24, 2.45) is 29.6 Å². The van der Waals surface area contributed by atoms with Crippen molar-refractivity contribution in [3.05, 3.63) is 42.0 Å². The fourth-order valence-corrected chi connectivity index (χ4v) is 7.13. The van der Waals surface area contributed by atoms with E-state index in [-0.39, 0.29) is 23.8 Å². The maximum Gasteiger partial charge on any atom is 0.246 e. The number of hydrogen-bond acceptors (Lipinski definition) is 4. The highest BCUT2D eigenvalue weighted by Crippen LogP contribution is 2.55. The number of nitrogens with zero attached hydrogens (tertiary/aromatic N) is 1. The first-order valence-electron chi connectivity index (χ1n) is 14.9. The molecule has 39 heavy (non-hydrogen) atoms. The second-order valence-corrected chi connectivity index (χ2v) is 13.1. The highest BCUT2D eigenvalue weighted by atomic mass is 16.5. The summed E-state index contributed by atoms with van der Waals surface area (Å²) in [6.45, 7) is 13.4. The monoisotopic (exact) mass is 535 g/mol. The topological polar surface area (TPSA) is 87.7 Å². The van der Waals surface area contributed by atoms with Gasteiger partial charge in [-0.05, 0) is 54.2 Å². The fraction of sp³-hybridized carbons (Fsp3) is 0.656. The van der Waals surface area contributed by atoms with Gasteiger partial charge in [0, 0.05) is 18.3 Å². The quantitative estimate of drug-likeness (QED) is 0.464. The Kier molecular flexibility index (Phi) is 7.66. The van der Waals surface area contributed by atoms with Crippen LogP contribution in [0.15, 0.2) is 36.4 Å². The summed E-state index contributed by atoms with van der Waals surface area (Å²) in [5, 5.41) is 6.35. The van der Waals surface area contributed by atoms with E-state index < -0.39 is 29.6 Å². The molecular weight excluding hydrogens is 490 g/mol. The van der Waals surface area contributed by atoms with Crippen LogP contribution in [0.5, 0.6) is 0 Å². The van der Waals surface area contributed by atoms with Gasteiger partial charge in [0.1, 0.15) is 11.6 Å². The Bertz CT molecular complexity index is 1130.